The molecule has 100 valence electrons. The van der Waals surface area contributed by atoms with Gasteiger partial charge in [0.2, 0.25) is 0 Å². The monoisotopic (exact) mass is 292 g/mol. The molecule has 1 heterocycles. The summed E-state index contributed by atoms with van der Waals surface area (Å²) in [5, 5.41) is 12.5. The number of benzene rings is 1. The molecule has 19 heavy (non-hydrogen) atoms. The molecule has 0 atom stereocenters. The molecule has 1 aromatic rings. The van der Waals surface area contributed by atoms with E-state index < -0.39 is 39.7 Å². The number of oxime groups is 1. The summed E-state index contributed by atoms with van der Waals surface area (Å²) in [6, 6.07) is 2.01. The molecule has 0 fully saturated rings. The normalized spacial score (nSPS) is 17.4. The molecule has 1 aliphatic heterocycles. The van der Waals surface area contributed by atoms with Gasteiger partial charge in [0, 0.05) is 5.56 Å². The van der Waals surface area contributed by atoms with Crippen LogP contribution in [0.25, 0.3) is 0 Å². The molecule has 1 aliphatic rings. The number of nitrogens with one attached hydrogen (secondary N) is 1. The summed E-state index contributed by atoms with van der Waals surface area (Å²) < 4.78 is 38.8. The van der Waals surface area contributed by atoms with Gasteiger partial charge in [-0.3, -0.25) is 9.59 Å². The van der Waals surface area contributed by atoms with E-state index in [9.17, 15) is 22.8 Å². The van der Waals surface area contributed by atoms with E-state index in [2.05, 4.69) is 5.16 Å². The van der Waals surface area contributed by atoms with E-state index in [0.717, 1.165) is 12.1 Å². The lowest BCUT2D eigenvalue weighted by molar-refractivity contribution is -0.137. The fourth-order valence-corrected chi connectivity index (χ4v) is 1.96. The van der Waals surface area contributed by atoms with Crippen molar-refractivity contribution in [2.75, 3.05) is 5.32 Å². The molecule has 0 aromatic heterocycles. The maximum atomic E-state index is 12.9. The van der Waals surface area contributed by atoms with Crippen LogP contribution in [0.2, 0.25) is 5.02 Å². The molecular formula is C10H4ClF3N2O3. The summed E-state index contributed by atoms with van der Waals surface area (Å²) in [6.45, 7) is 0. The Morgan fingerprint density at radius 2 is 1.89 bits per heavy atom. The van der Waals surface area contributed by atoms with Gasteiger partial charge in [-0.15, -0.1) is 0 Å². The van der Waals surface area contributed by atoms with Crippen LogP contribution >= 0.6 is 11.6 Å². The van der Waals surface area contributed by atoms with Crippen molar-refractivity contribution in [3.63, 3.8) is 0 Å². The van der Waals surface area contributed by atoms with Gasteiger partial charge in [0.1, 0.15) is 0 Å². The van der Waals surface area contributed by atoms with Crippen molar-refractivity contribution in [1.82, 2.24) is 0 Å². The third kappa shape index (κ3) is 2.03. The molecule has 0 unspecified atom stereocenters. The van der Waals surface area contributed by atoms with E-state index >= 15 is 0 Å². The van der Waals surface area contributed by atoms with E-state index in [0.29, 0.717) is 0 Å². The first-order valence-corrected chi connectivity index (χ1v) is 5.13. The molecule has 2 rings (SSSR count). The van der Waals surface area contributed by atoms with Crippen molar-refractivity contribution in [1.29, 1.82) is 0 Å². The fraction of sp³-hybridized carbons (Fsp3) is 0.100. The summed E-state index contributed by atoms with van der Waals surface area (Å²) in [6.07, 6.45) is -4.87. The lowest BCUT2D eigenvalue weighted by atomic mass is 9.94. The second kappa shape index (κ2) is 4.23. The standard InChI is InChI=1S/C10H4ClF3N2O3/c11-3-1-2-4-5(6(3)10(12,13)14)7(16-19)8(17)9(18)15-4/h1-2,19H,(H,15,18)/b16-7-. The summed E-state index contributed by atoms with van der Waals surface area (Å²) in [7, 11) is 0. The van der Waals surface area contributed by atoms with Crippen LogP contribution in [0.3, 0.4) is 0 Å². The lowest BCUT2D eigenvalue weighted by Crippen LogP contribution is -2.37. The Kier molecular flexibility index (Phi) is 2.97. The second-order valence-corrected chi connectivity index (χ2v) is 3.98. The highest BCUT2D eigenvalue weighted by molar-refractivity contribution is 6.72. The van der Waals surface area contributed by atoms with E-state index in [-0.39, 0.29) is 5.69 Å². The minimum Gasteiger partial charge on any atom is -0.410 e. The number of hydrogen-bond acceptors (Lipinski definition) is 4. The van der Waals surface area contributed by atoms with E-state index in [1.165, 1.54) is 0 Å². The average molecular weight is 293 g/mol. The summed E-state index contributed by atoms with van der Waals surface area (Å²) in [5.74, 6) is -2.56. The molecule has 5 nitrogen and oxygen atoms in total. The summed E-state index contributed by atoms with van der Waals surface area (Å²) in [5.41, 5.74) is -3.37. The molecule has 9 heteroatoms. The number of nitrogens with zero attached hydrogens (tertiary/aromatic N) is 1. The first-order valence-electron chi connectivity index (χ1n) is 4.75. The minimum absolute atomic E-state index is 0.297. The molecule has 0 saturated carbocycles. The van der Waals surface area contributed by atoms with Gasteiger partial charge in [-0.2, -0.15) is 13.2 Å². The number of rotatable bonds is 0. The molecule has 1 aromatic carbocycles. The highest BCUT2D eigenvalue weighted by Gasteiger charge is 2.43. The SMILES string of the molecule is O=C1Nc2ccc(Cl)c(C(F)(F)F)c2/C(=N/O)C1=O. The molecule has 0 spiro atoms. The van der Waals surface area contributed by atoms with Crippen LogP contribution in [-0.4, -0.2) is 22.6 Å². The van der Waals surface area contributed by atoms with Gasteiger partial charge in [0.15, 0.2) is 5.71 Å². The number of carbonyl (C=O) groups excluding carboxylic acids is 2. The Bertz CT molecular complexity index is 625. The zero-order valence-corrected chi connectivity index (χ0v) is 9.63. The van der Waals surface area contributed by atoms with Gasteiger partial charge in [-0.25, -0.2) is 0 Å². The molecule has 0 bridgehead atoms. The van der Waals surface area contributed by atoms with E-state index in [4.69, 9.17) is 16.8 Å². The number of anilines is 1. The second-order valence-electron chi connectivity index (χ2n) is 3.57. The topological polar surface area (TPSA) is 78.8 Å². The van der Waals surface area contributed by atoms with Crippen LogP contribution in [0.15, 0.2) is 17.3 Å². The molecular weight excluding hydrogens is 289 g/mol. The zero-order chi connectivity index (χ0) is 14.4. The van der Waals surface area contributed by atoms with Gasteiger partial charge in [-0.05, 0) is 12.1 Å². The molecule has 0 saturated heterocycles. The van der Waals surface area contributed by atoms with Crippen molar-refractivity contribution in [2.24, 2.45) is 5.16 Å². The van der Waals surface area contributed by atoms with Crippen LogP contribution in [0.1, 0.15) is 11.1 Å². The van der Waals surface area contributed by atoms with Crippen molar-refractivity contribution in [3.8, 4) is 0 Å². The summed E-state index contributed by atoms with van der Waals surface area (Å²) >= 11 is 5.47. The van der Waals surface area contributed by atoms with Crippen LogP contribution in [0.4, 0.5) is 18.9 Å². The molecule has 0 radical (unpaired) electrons. The van der Waals surface area contributed by atoms with E-state index in [1.54, 1.807) is 0 Å². The van der Waals surface area contributed by atoms with Crippen molar-refractivity contribution in [2.45, 2.75) is 6.18 Å². The van der Waals surface area contributed by atoms with E-state index in [1.807, 2.05) is 5.32 Å². The third-order valence-electron chi connectivity index (χ3n) is 2.44. The largest absolute Gasteiger partial charge is 0.418 e. The highest BCUT2D eigenvalue weighted by Crippen LogP contribution is 2.41. The quantitative estimate of drug-likeness (QED) is 0.436. The smallest absolute Gasteiger partial charge is 0.410 e. The third-order valence-corrected chi connectivity index (χ3v) is 2.76. The van der Waals surface area contributed by atoms with Crippen molar-refractivity contribution in [3.05, 3.63) is 28.3 Å². The molecule has 0 aliphatic carbocycles. The van der Waals surface area contributed by atoms with Crippen molar-refractivity contribution >= 4 is 34.7 Å². The maximum Gasteiger partial charge on any atom is 0.418 e. The molecule has 1 amide bonds. The minimum atomic E-state index is -4.87. The Morgan fingerprint density at radius 3 is 2.42 bits per heavy atom. The van der Waals surface area contributed by atoms with Gasteiger partial charge in [0.25, 0.3) is 11.7 Å². The number of fused-ring (bicyclic) bond motifs is 1. The van der Waals surface area contributed by atoms with Gasteiger partial charge < -0.3 is 10.5 Å². The Morgan fingerprint density at radius 1 is 1.26 bits per heavy atom. The number of alkyl halides is 3. The first-order chi connectivity index (χ1) is 8.77. The number of ketones is 1. The number of hydrogen-bond donors (Lipinski definition) is 2. The van der Waals surface area contributed by atoms with Crippen LogP contribution in [0, 0.1) is 0 Å². The van der Waals surface area contributed by atoms with Crippen molar-refractivity contribution < 1.29 is 28.0 Å². The highest BCUT2D eigenvalue weighted by atomic mass is 35.5. The van der Waals surface area contributed by atoms with Crippen LogP contribution < -0.4 is 5.32 Å². The van der Waals surface area contributed by atoms with Crippen LogP contribution in [0.5, 0.6) is 0 Å². The maximum absolute atomic E-state index is 12.9. The fourth-order valence-electron chi connectivity index (χ4n) is 1.70. The Labute approximate surface area is 108 Å². The zero-order valence-electron chi connectivity index (χ0n) is 8.88. The number of halogens is 4. The Hall–Kier alpha value is -2.09. The summed E-state index contributed by atoms with van der Waals surface area (Å²) in [4.78, 5) is 22.6. The van der Waals surface area contributed by atoms with Crippen LogP contribution in [-0.2, 0) is 15.8 Å². The first kappa shape index (κ1) is 13.3. The van der Waals surface area contributed by atoms with Gasteiger partial charge in [0.05, 0.1) is 16.3 Å². The van der Waals surface area contributed by atoms with Gasteiger partial charge in [-0.1, -0.05) is 16.8 Å². The number of Topliss-reactive ketones (excluding diaryl/α,β-unsaturated/α-hetero) is 1. The predicted molar refractivity (Wildman–Crippen MR) is 58.4 cm³/mol. The predicted octanol–water partition coefficient (Wildman–Crippen LogP) is 2.06. The number of amides is 1. The molecule has 2 N–H and O–H groups in total. The number of carbonyl (C=O) groups is 2. The lowest BCUT2D eigenvalue weighted by Gasteiger charge is -2.21. The Balaban J connectivity index is 2.84. The average Bonchev–Trinajstić information content (AvgIpc) is 2.30. The van der Waals surface area contributed by atoms with Gasteiger partial charge >= 0.3 is 6.18 Å².